The Bertz CT molecular complexity index is 1180. The lowest BCUT2D eigenvalue weighted by Gasteiger charge is -2.34. The zero-order chi connectivity index (χ0) is 23.0. The highest BCUT2D eigenvalue weighted by atomic mass is 19.4. The number of aromatic nitrogens is 2. The van der Waals surface area contributed by atoms with Gasteiger partial charge in [0.1, 0.15) is 0 Å². The number of nitrogen functional groups attached to an aromatic ring is 1. The second-order valence-electron chi connectivity index (χ2n) is 8.17. The first-order valence-corrected chi connectivity index (χ1v) is 10.3. The summed E-state index contributed by atoms with van der Waals surface area (Å²) in [5, 5.41) is 10.8. The molecular formula is C22H25F3N6O. The molecule has 1 aromatic heterocycles. The lowest BCUT2D eigenvalue weighted by molar-refractivity contribution is -0.137. The molecule has 0 spiro atoms. The number of halogens is 3. The summed E-state index contributed by atoms with van der Waals surface area (Å²) in [7, 11) is 2.07. The highest BCUT2D eigenvalue weighted by molar-refractivity contribution is 5.93. The molecule has 1 fully saturated rings. The van der Waals surface area contributed by atoms with Crippen LogP contribution in [-0.4, -0.2) is 48.3 Å². The molecule has 4 rings (SSSR count). The minimum atomic E-state index is -4.50. The molecule has 1 unspecified atom stereocenters. The Hall–Kier alpha value is -3.27. The second kappa shape index (κ2) is 8.34. The Kier molecular flexibility index (Phi) is 5.72. The maximum absolute atomic E-state index is 13.2. The summed E-state index contributed by atoms with van der Waals surface area (Å²) in [5.74, 6) is 0.388. The number of benzene rings is 2. The van der Waals surface area contributed by atoms with E-state index in [1.165, 1.54) is 6.07 Å². The van der Waals surface area contributed by atoms with Crippen molar-refractivity contribution in [3.63, 3.8) is 0 Å². The molecule has 0 bridgehead atoms. The van der Waals surface area contributed by atoms with Crippen molar-refractivity contribution in [2.24, 2.45) is 0 Å². The molecule has 170 valence electrons. The molecule has 0 saturated carbocycles. The van der Waals surface area contributed by atoms with Gasteiger partial charge in [0.25, 0.3) is 5.56 Å². The summed E-state index contributed by atoms with van der Waals surface area (Å²) >= 11 is 0. The van der Waals surface area contributed by atoms with Gasteiger partial charge in [0.2, 0.25) is 0 Å². The fourth-order valence-electron chi connectivity index (χ4n) is 3.90. The first-order chi connectivity index (χ1) is 15.1. The van der Waals surface area contributed by atoms with Crippen LogP contribution >= 0.6 is 0 Å². The normalized spacial score (nSPS) is 16.3. The third-order valence-corrected chi connectivity index (χ3v) is 5.80. The van der Waals surface area contributed by atoms with Gasteiger partial charge in [-0.1, -0.05) is 0 Å². The van der Waals surface area contributed by atoms with Crippen molar-refractivity contribution in [3.05, 3.63) is 57.9 Å². The van der Waals surface area contributed by atoms with E-state index in [0.717, 1.165) is 44.0 Å². The third-order valence-electron chi connectivity index (χ3n) is 5.80. The predicted molar refractivity (Wildman–Crippen MR) is 120 cm³/mol. The Balaban J connectivity index is 1.68. The number of nitrogens with two attached hydrogens (primary N) is 1. The molecule has 1 saturated heterocycles. The molecule has 3 aromatic rings. The molecular weight excluding hydrogens is 421 g/mol. The van der Waals surface area contributed by atoms with Crippen molar-refractivity contribution in [3.8, 4) is 0 Å². The number of aromatic amines is 1. The molecule has 7 nitrogen and oxygen atoms in total. The van der Waals surface area contributed by atoms with E-state index >= 15 is 0 Å². The van der Waals surface area contributed by atoms with E-state index in [9.17, 15) is 18.0 Å². The summed E-state index contributed by atoms with van der Waals surface area (Å²) in [4.78, 5) is 16.8. The molecule has 10 heteroatoms. The van der Waals surface area contributed by atoms with Gasteiger partial charge in [-0.3, -0.25) is 4.79 Å². The van der Waals surface area contributed by atoms with Gasteiger partial charge in [0.05, 0.1) is 17.0 Å². The van der Waals surface area contributed by atoms with Gasteiger partial charge in [-0.2, -0.15) is 18.3 Å². The van der Waals surface area contributed by atoms with Gasteiger partial charge in [0.15, 0.2) is 5.82 Å². The van der Waals surface area contributed by atoms with Crippen LogP contribution in [0.2, 0.25) is 0 Å². The quantitative estimate of drug-likeness (QED) is 0.532. The summed E-state index contributed by atoms with van der Waals surface area (Å²) < 4.78 is 39.6. The van der Waals surface area contributed by atoms with Crippen LogP contribution in [-0.2, 0) is 6.18 Å². The van der Waals surface area contributed by atoms with Gasteiger partial charge >= 0.3 is 6.18 Å². The van der Waals surface area contributed by atoms with Crippen LogP contribution in [0.1, 0.15) is 24.1 Å². The Labute approximate surface area is 183 Å². The summed E-state index contributed by atoms with van der Waals surface area (Å²) in [6.45, 7) is 5.32. The van der Waals surface area contributed by atoms with Crippen molar-refractivity contribution in [2.75, 3.05) is 49.2 Å². The summed E-state index contributed by atoms with van der Waals surface area (Å²) in [5.41, 5.74) is 5.94. The van der Waals surface area contributed by atoms with Crippen LogP contribution < -0.4 is 21.5 Å². The van der Waals surface area contributed by atoms with Gasteiger partial charge in [-0.15, -0.1) is 0 Å². The van der Waals surface area contributed by atoms with Gasteiger partial charge in [-0.25, -0.2) is 5.10 Å². The molecule has 32 heavy (non-hydrogen) atoms. The van der Waals surface area contributed by atoms with E-state index in [-0.39, 0.29) is 11.2 Å². The number of anilines is 3. The number of rotatable bonds is 4. The molecule has 0 radical (unpaired) electrons. The van der Waals surface area contributed by atoms with E-state index in [1.54, 1.807) is 13.0 Å². The summed E-state index contributed by atoms with van der Waals surface area (Å²) in [6, 6.07) is 8.50. The van der Waals surface area contributed by atoms with Crippen molar-refractivity contribution >= 4 is 28.0 Å². The summed E-state index contributed by atoms with van der Waals surface area (Å²) in [6.07, 6.45) is -4.50. The Morgan fingerprint density at radius 3 is 2.50 bits per heavy atom. The number of hydrogen-bond acceptors (Lipinski definition) is 6. The fourth-order valence-corrected chi connectivity index (χ4v) is 3.90. The van der Waals surface area contributed by atoms with Crippen LogP contribution in [0.3, 0.4) is 0 Å². The minimum Gasteiger partial charge on any atom is -0.399 e. The minimum absolute atomic E-state index is 0.0279. The van der Waals surface area contributed by atoms with Crippen LogP contribution in [0.15, 0.2) is 41.2 Å². The van der Waals surface area contributed by atoms with Crippen molar-refractivity contribution < 1.29 is 13.2 Å². The molecule has 1 atom stereocenters. The third kappa shape index (κ3) is 4.50. The molecule has 4 N–H and O–H groups in total. The number of fused-ring (bicyclic) bond motifs is 1. The maximum atomic E-state index is 13.2. The number of nitrogens with one attached hydrogen (secondary N) is 2. The molecule has 2 heterocycles. The van der Waals surface area contributed by atoms with E-state index in [1.807, 2.05) is 12.1 Å². The molecule has 1 aliphatic heterocycles. The Morgan fingerprint density at radius 2 is 1.81 bits per heavy atom. The van der Waals surface area contributed by atoms with Crippen molar-refractivity contribution in [2.45, 2.75) is 19.1 Å². The largest absolute Gasteiger partial charge is 0.416 e. The molecule has 2 aromatic carbocycles. The smallest absolute Gasteiger partial charge is 0.399 e. The van der Waals surface area contributed by atoms with Crippen molar-refractivity contribution in [1.29, 1.82) is 0 Å². The number of H-pyrrole nitrogens is 1. The number of piperazine rings is 1. The monoisotopic (exact) mass is 446 g/mol. The van der Waals surface area contributed by atoms with Crippen LogP contribution in [0.25, 0.3) is 10.8 Å². The first-order valence-electron chi connectivity index (χ1n) is 10.3. The van der Waals surface area contributed by atoms with Gasteiger partial charge in [-0.05, 0) is 55.9 Å². The highest BCUT2D eigenvalue weighted by Gasteiger charge is 2.31. The fraction of sp³-hybridized carbons (Fsp3) is 0.364. The first kappa shape index (κ1) is 21.9. The van der Waals surface area contributed by atoms with Gasteiger partial charge in [0, 0.05) is 42.9 Å². The second-order valence-corrected chi connectivity index (χ2v) is 8.17. The number of alkyl halides is 3. The SMILES string of the molecule is CC(Nc1n[nH]c(=O)c2ccc(N3CCN(C)CC3)cc12)c1cc(N)cc(C(F)(F)F)c1. The zero-order valence-corrected chi connectivity index (χ0v) is 17.8. The topological polar surface area (TPSA) is 90.3 Å². The molecule has 0 aliphatic carbocycles. The van der Waals surface area contributed by atoms with Crippen LogP contribution in [0, 0.1) is 0 Å². The van der Waals surface area contributed by atoms with E-state index < -0.39 is 17.8 Å². The zero-order valence-electron chi connectivity index (χ0n) is 17.8. The van der Waals surface area contributed by atoms with E-state index in [4.69, 9.17) is 5.73 Å². The van der Waals surface area contributed by atoms with Crippen LogP contribution in [0.5, 0.6) is 0 Å². The lowest BCUT2D eigenvalue weighted by atomic mass is 10.0. The average molecular weight is 446 g/mol. The lowest BCUT2D eigenvalue weighted by Crippen LogP contribution is -2.44. The standard InChI is InChI=1S/C22H25F3N6O/c1-13(14-9-15(22(23,24)25)11-16(26)10-14)27-20-19-12-17(31-7-5-30(2)6-8-31)3-4-18(19)21(32)29-28-20/h3-4,9-13H,5-8,26H2,1-2H3,(H,27,28)(H,29,32). The number of hydrogen-bond donors (Lipinski definition) is 3. The molecule has 0 amide bonds. The van der Waals surface area contributed by atoms with Crippen LogP contribution in [0.4, 0.5) is 30.4 Å². The number of likely N-dealkylation sites (N-methyl/N-ethyl adjacent to an activating group) is 1. The predicted octanol–water partition coefficient (Wildman–Crippen LogP) is 3.45. The van der Waals surface area contributed by atoms with Gasteiger partial charge < -0.3 is 20.9 Å². The average Bonchev–Trinajstić information content (AvgIpc) is 2.75. The van der Waals surface area contributed by atoms with E-state index in [2.05, 4.69) is 32.4 Å². The maximum Gasteiger partial charge on any atom is 0.416 e. The van der Waals surface area contributed by atoms with Crippen molar-refractivity contribution in [1.82, 2.24) is 15.1 Å². The Morgan fingerprint density at radius 1 is 1.09 bits per heavy atom. The number of nitrogens with zero attached hydrogens (tertiary/aromatic N) is 3. The highest BCUT2D eigenvalue weighted by Crippen LogP contribution is 2.34. The van der Waals surface area contributed by atoms with E-state index in [0.29, 0.717) is 22.2 Å². The molecule has 1 aliphatic rings.